The Kier molecular flexibility index (Phi) is 7.71. The number of nitrogens with zero attached hydrogens (tertiary/aromatic N) is 3. The summed E-state index contributed by atoms with van der Waals surface area (Å²) in [4.78, 5) is 31.7. The van der Waals surface area contributed by atoms with Gasteiger partial charge >= 0.3 is 29.6 Å². The predicted molar refractivity (Wildman–Crippen MR) is 122 cm³/mol. The van der Waals surface area contributed by atoms with Gasteiger partial charge in [0, 0.05) is 54.2 Å². The molecule has 1 unspecified atom stereocenters. The summed E-state index contributed by atoms with van der Waals surface area (Å²) in [5, 5.41) is 1.10. The van der Waals surface area contributed by atoms with E-state index in [1.807, 2.05) is 49.2 Å². The van der Waals surface area contributed by atoms with E-state index in [1.165, 1.54) is 0 Å². The van der Waals surface area contributed by atoms with Crippen LogP contribution in [0.25, 0.3) is 16.7 Å². The molecule has 1 aliphatic heterocycles. The molecule has 0 N–H and O–H groups in total. The SMILES string of the molecule is Cc1c(CN(C)/C(=C/C=O)c2cnc3c(c2)CCC(=O)N3CP)oc2ccccc12.[H-].[Na+]. The van der Waals surface area contributed by atoms with Crippen molar-refractivity contribution in [3.05, 3.63) is 65.1 Å². The molecule has 3 aromatic rings. The van der Waals surface area contributed by atoms with Gasteiger partial charge in [0.05, 0.1) is 6.54 Å². The van der Waals surface area contributed by atoms with Crippen LogP contribution >= 0.6 is 9.24 Å². The van der Waals surface area contributed by atoms with E-state index in [9.17, 15) is 9.59 Å². The molecule has 1 aliphatic rings. The third-order valence-electron chi connectivity index (χ3n) is 5.55. The number of rotatable bonds is 6. The molecule has 0 saturated carbocycles. The third kappa shape index (κ3) is 4.63. The van der Waals surface area contributed by atoms with Crippen LogP contribution in [0.3, 0.4) is 0 Å². The van der Waals surface area contributed by atoms with Crippen molar-refractivity contribution in [2.45, 2.75) is 26.3 Å². The number of amides is 1. The number of allylic oxidation sites excluding steroid dienone is 1. The minimum Gasteiger partial charge on any atom is -1.00 e. The van der Waals surface area contributed by atoms with Gasteiger partial charge in [-0.25, -0.2) is 4.98 Å². The van der Waals surface area contributed by atoms with Gasteiger partial charge in [-0.1, -0.05) is 18.2 Å². The van der Waals surface area contributed by atoms with Crippen molar-refractivity contribution in [1.82, 2.24) is 9.88 Å². The summed E-state index contributed by atoms with van der Waals surface area (Å²) >= 11 is 0. The van der Waals surface area contributed by atoms with E-state index in [0.717, 1.165) is 45.4 Å². The zero-order chi connectivity index (χ0) is 21.3. The Bertz CT molecular complexity index is 1160. The average molecular weight is 445 g/mol. The van der Waals surface area contributed by atoms with Crippen LogP contribution in [0.15, 0.2) is 47.0 Å². The number of furan rings is 1. The fourth-order valence-electron chi connectivity index (χ4n) is 3.94. The number of hydrogen-bond acceptors (Lipinski definition) is 5. The standard InChI is InChI=1S/C23H24N3O3P.Na.H/c1-15-18-5-3-4-6-20(18)29-21(15)13-25(2)19(9-10-27)17-11-16-7-8-22(28)26(14-30)23(16)24-12-17;;/h3-6,9-12H,7-8,13-14,30H2,1-2H3;;/q;+1;-1/b19-9+;;. The van der Waals surface area contributed by atoms with Crippen molar-refractivity contribution >= 4 is 43.9 Å². The first-order chi connectivity index (χ1) is 14.5. The number of fused-ring (bicyclic) bond motifs is 2. The van der Waals surface area contributed by atoms with Gasteiger partial charge in [-0.05, 0) is 31.0 Å². The summed E-state index contributed by atoms with van der Waals surface area (Å²) in [5.74, 6) is 1.64. The second-order valence-corrected chi connectivity index (χ2v) is 7.77. The van der Waals surface area contributed by atoms with Crippen LogP contribution < -0.4 is 34.5 Å². The predicted octanol–water partition coefficient (Wildman–Crippen LogP) is 1.04. The number of aromatic nitrogens is 1. The van der Waals surface area contributed by atoms with Crippen molar-refractivity contribution in [2.24, 2.45) is 0 Å². The van der Waals surface area contributed by atoms with E-state index in [1.54, 1.807) is 17.2 Å². The minimum absolute atomic E-state index is 0. The molecule has 0 fully saturated rings. The first-order valence-electron chi connectivity index (χ1n) is 9.86. The number of pyridine rings is 1. The molecule has 8 heteroatoms. The zero-order valence-corrected chi connectivity index (χ0v) is 21.2. The Hall–Kier alpha value is -1.98. The summed E-state index contributed by atoms with van der Waals surface area (Å²) in [6.07, 6.45) is 5.69. The molecule has 0 aliphatic carbocycles. The van der Waals surface area contributed by atoms with E-state index < -0.39 is 0 Å². The maximum absolute atomic E-state index is 12.1. The summed E-state index contributed by atoms with van der Waals surface area (Å²) in [6.45, 7) is 2.57. The van der Waals surface area contributed by atoms with Crippen molar-refractivity contribution in [1.29, 1.82) is 0 Å². The third-order valence-corrected chi connectivity index (χ3v) is 5.91. The smallest absolute Gasteiger partial charge is 1.00 e. The molecule has 0 spiro atoms. The van der Waals surface area contributed by atoms with Crippen molar-refractivity contribution in [3.8, 4) is 0 Å². The molecule has 3 heterocycles. The van der Waals surface area contributed by atoms with Crippen LogP contribution in [-0.2, 0) is 22.6 Å². The second-order valence-electron chi connectivity index (χ2n) is 7.40. The van der Waals surface area contributed by atoms with Gasteiger partial charge in [0.25, 0.3) is 0 Å². The van der Waals surface area contributed by atoms with Gasteiger partial charge in [-0.3, -0.25) is 14.5 Å². The molecular weight excluding hydrogens is 420 g/mol. The second kappa shape index (κ2) is 10.1. The van der Waals surface area contributed by atoms with Crippen LogP contribution in [0.1, 0.15) is 30.3 Å². The molecule has 1 amide bonds. The van der Waals surface area contributed by atoms with E-state index in [0.29, 0.717) is 31.5 Å². The minimum atomic E-state index is 0. The van der Waals surface area contributed by atoms with Crippen LogP contribution in [0, 0.1) is 6.92 Å². The summed E-state index contributed by atoms with van der Waals surface area (Å²) in [6, 6.07) is 9.99. The van der Waals surface area contributed by atoms with Gasteiger partial charge in [-0.2, -0.15) is 0 Å². The molecule has 0 radical (unpaired) electrons. The normalized spacial score (nSPS) is 13.7. The molecular formula is C23H25N3NaO3P. The fourth-order valence-corrected chi connectivity index (χ4v) is 4.31. The Morgan fingerprint density at radius 2 is 2.13 bits per heavy atom. The first-order valence-corrected chi connectivity index (χ1v) is 10.7. The van der Waals surface area contributed by atoms with Gasteiger partial charge in [0.1, 0.15) is 23.4 Å². The van der Waals surface area contributed by atoms with E-state index in [2.05, 4.69) is 14.2 Å². The van der Waals surface area contributed by atoms with Gasteiger partial charge < -0.3 is 10.7 Å². The zero-order valence-electron chi connectivity index (χ0n) is 19.1. The maximum atomic E-state index is 12.1. The first kappa shape index (κ1) is 23.7. The average Bonchev–Trinajstić information content (AvgIpc) is 3.07. The largest absolute Gasteiger partial charge is 1.00 e. The van der Waals surface area contributed by atoms with E-state index >= 15 is 0 Å². The number of hydrogen-bond donors (Lipinski definition) is 0. The molecule has 4 rings (SSSR count). The van der Waals surface area contributed by atoms with Crippen molar-refractivity contribution < 1.29 is 45.0 Å². The molecule has 1 atom stereocenters. The van der Waals surface area contributed by atoms with E-state index in [-0.39, 0.29) is 36.9 Å². The quantitative estimate of drug-likeness (QED) is 0.246. The summed E-state index contributed by atoms with van der Waals surface area (Å²) < 4.78 is 6.05. The Morgan fingerprint density at radius 3 is 2.84 bits per heavy atom. The van der Waals surface area contributed by atoms with Gasteiger partial charge in [0.2, 0.25) is 5.91 Å². The van der Waals surface area contributed by atoms with Crippen LogP contribution in [0.5, 0.6) is 0 Å². The molecule has 1 aromatic carbocycles. The number of carbonyl (C=O) groups excluding carboxylic acids is 2. The number of carbonyl (C=O) groups is 2. The topological polar surface area (TPSA) is 66.7 Å². The van der Waals surface area contributed by atoms with Crippen LogP contribution in [0.4, 0.5) is 5.82 Å². The van der Waals surface area contributed by atoms with E-state index in [4.69, 9.17) is 4.42 Å². The molecule has 6 nitrogen and oxygen atoms in total. The number of aryl methyl sites for hydroxylation is 2. The molecule has 2 aromatic heterocycles. The summed E-state index contributed by atoms with van der Waals surface area (Å²) in [7, 11) is 4.51. The number of benzene rings is 1. The Balaban J connectivity index is 0.00000181. The van der Waals surface area contributed by atoms with Gasteiger partial charge in [-0.15, -0.1) is 9.24 Å². The number of aldehydes is 1. The molecule has 0 bridgehead atoms. The Labute approximate surface area is 207 Å². The van der Waals surface area contributed by atoms with Crippen molar-refractivity contribution in [2.75, 3.05) is 18.2 Å². The van der Waals surface area contributed by atoms with Gasteiger partial charge in [0.15, 0.2) is 0 Å². The maximum Gasteiger partial charge on any atom is 1.00 e. The number of para-hydroxylation sites is 1. The van der Waals surface area contributed by atoms with Crippen LogP contribution in [-0.4, -0.2) is 35.4 Å². The monoisotopic (exact) mass is 445 g/mol. The van der Waals surface area contributed by atoms with Crippen LogP contribution in [0.2, 0.25) is 0 Å². The molecule has 156 valence electrons. The Morgan fingerprint density at radius 1 is 1.35 bits per heavy atom. The van der Waals surface area contributed by atoms with Crippen molar-refractivity contribution in [3.63, 3.8) is 0 Å². The molecule has 31 heavy (non-hydrogen) atoms. The number of anilines is 1. The summed E-state index contributed by atoms with van der Waals surface area (Å²) in [5.41, 5.74) is 4.57. The molecule has 0 saturated heterocycles. The fraction of sp³-hybridized carbons (Fsp3) is 0.261.